The highest BCUT2D eigenvalue weighted by Crippen LogP contribution is 2.40. The van der Waals surface area contributed by atoms with Crippen LogP contribution in [0.4, 0.5) is 0 Å². The third kappa shape index (κ3) is 2.53. The Morgan fingerprint density at radius 3 is 2.62 bits per heavy atom. The molecule has 0 saturated carbocycles. The van der Waals surface area contributed by atoms with Crippen molar-refractivity contribution in [3.05, 3.63) is 22.7 Å². The van der Waals surface area contributed by atoms with E-state index in [9.17, 15) is 8.42 Å². The van der Waals surface area contributed by atoms with Crippen LogP contribution in [0.25, 0.3) is 0 Å². The zero-order chi connectivity index (χ0) is 11.8. The molecule has 0 aliphatic carbocycles. The Labute approximate surface area is 102 Å². The van der Waals surface area contributed by atoms with Crippen molar-refractivity contribution in [2.75, 3.05) is 13.2 Å². The predicted molar refractivity (Wildman–Crippen MR) is 60.9 cm³/mol. The molecule has 0 fully saturated rings. The van der Waals surface area contributed by atoms with E-state index >= 15 is 0 Å². The molecule has 4 nitrogen and oxygen atoms in total. The zero-order valence-electron chi connectivity index (χ0n) is 8.07. The maximum Gasteiger partial charge on any atom is 0.236 e. The van der Waals surface area contributed by atoms with Gasteiger partial charge in [0.05, 0.1) is 10.8 Å². The van der Waals surface area contributed by atoms with Gasteiger partial charge in [-0.15, -0.1) is 0 Å². The standard InChI is InChI=1S/C9H8Cl2O4S/c10-8-6(5-16(11,12)13)1-2-7-9(8)15-4-3-14-7/h1-2H,3-5H2. The largest absolute Gasteiger partial charge is 0.486 e. The third-order valence-corrected chi connectivity index (χ3v) is 3.45. The van der Waals surface area contributed by atoms with Crippen molar-refractivity contribution in [1.82, 2.24) is 0 Å². The van der Waals surface area contributed by atoms with Crippen molar-refractivity contribution in [3.8, 4) is 11.5 Å². The summed E-state index contributed by atoms with van der Waals surface area (Å²) in [6.45, 7) is 0.847. The van der Waals surface area contributed by atoms with E-state index in [1.807, 2.05) is 0 Å². The molecular weight excluding hydrogens is 275 g/mol. The third-order valence-electron chi connectivity index (χ3n) is 2.06. The van der Waals surface area contributed by atoms with Gasteiger partial charge in [0.2, 0.25) is 9.05 Å². The molecule has 0 saturated heterocycles. The van der Waals surface area contributed by atoms with Gasteiger partial charge in [-0.1, -0.05) is 17.7 Å². The van der Waals surface area contributed by atoms with E-state index in [0.29, 0.717) is 30.3 Å². The average Bonchev–Trinajstić information content (AvgIpc) is 2.21. The Morgan fingerprint density at radius 2 is 1.94 bits per heavy atom. The summed E-state index contributed by atoms with van der Waals surface area (Å²) < 4.78 is 32.5. The summed E-state index contributed by atoms with van der Waals surface area (Å²) in [7, 11) is 1.53. The van der Waals surface area contributed by atoms with Crippen molar-refractivity contribution >= 4 is 31.3 Å². The first-order valence-corrected chi connectivity index (χ1v) is 7.32. The molecule has 0 N–H and O–H groups in total. The van der Waals surface area contributed by atoms with Crippen LogP contribution < -0.4 is 9.47 Å². The van der Waals surface area contributed by atoms with E-state index < -0.39 is 9.05 Å². The first kappa shape index (κ1) is 11.8. The molecule has 0 amide bonds. The van der Waals surface area contributed by atoms with Crippen molar-refractivity contribution in [1.29, 1.82) is 0 Å². The molecule has 7 heteroatoms. The molecule has 1 heterocycles. The summed E-state index contributed by atoms with van der Waals surface area (Å²) in [5.74, 6) is 0.571. The number of rotatable bonds is 2. The monoisotopic (exact) mass is 282 g/mol. The normalized spacial score (nSPS) is 14.9. The van der Waals surface area contributed by atoms with E-state index in [1.165, 1.54) is 0 Å². The summed E-state index contributed by atoms with van der Waals surface area (Å²) in [6.07, 6.45) is 0. The summed E-state index contributed by atoms with van der Waals surface area (Å²) in [6, 6.07) is 3.19. The topological polar surface area (TPSA) is 52.6 Å². The smallest absolute Gasteiger partial charge is 0.236 e. The Kier molecular flexibility index (Phi) is 3.19. The van der Waals surface area contributed by atoms with Gasteiger partial charge in [-0.3, -0.25) is 0 Å². The van der Waals surface area contributed by atoms with Gasteiger partial charge in [0.15, 0.2) is 11.5 Å². The molecule has 1 aliphatic rings. The van der Waals surface area contributed by atoms with E-state index in [2.05, 4.69) is 0 Å². The Morgan fingerprint density at radius 1 is 1.25 bits per heavy atom. The minimum atomic E-state index is -3.63. The zero-order valence-corrected chi connectivity index (χ0v) is 10.4. The molecule has 1 aliphatic heterocycles. The van der Waals surface area contributed by atoms with Crippen LogP contribution in [0.5, 0.6) is 11.5 Å². The Balaban J connectivity index is 2.42. The van der Waals surface area contributed by atoms with E-state index in [-0.39, 0.29) is 10.8 Å². The van der Waals surface area contributed by atoms with Crippen LogP contribution in [0, 0.1) is 0 Å². The van der Waals surface area contributed by atoms with Crippen LogP contribution in [0.3, 0.4) is 0 Å². The Bertz CT molecular complexity index is 512. The second kappa shape index (κ2) is 4.31. The summed E-state index contributed by atoms with van der Waals surface area (Å²) >= 11 is 6.00. The molecule has 0 radical (unpaired) electrons. The lowest BCUT2D eigenvalue weighted by molar-refractivity contribution is 0.171. The van der Waals surface area contributed by atoms with Crippen LogP contribution in [-0.2, 0) is 14.8 Å². The van der Waals surface area contributed by atoms with Crippen LogP contribution in [0.15, 0.2) is 12.1 Å². The van der Waals surface area contributed by atoms with E-state index in [0.717, 1.165) is 0 Å². The highest BCUT2D eigenvalue weighted by molar-refractivity contribution is 8.13. The van der Waals surface area contributed by atoms with Gasteiger partial charge in [0.1, 0.15) is 13.2 Å². The molecule has 0 bridgehead atoms. The molecule has 1 aromatic carbocycles. The molecule has 0 unspecified atom stereocenters. The molecular formula is C9H8Cl2O4S. The SMILES string of the molecule is O=S(=O)(Cl)Cc1ccc2c(c1Cl)OCCO2. The lowest BCUT2D eigenvalue weighted by Gasteiger charge is -2.20. The van der Waals surface area contributed by atoms with Gasteiger partial charge >= 0.3 is 0 Å². The lowest BCUT2D eigenvalue weighted by atomic mass is 10.2. The second-order valence-corrected chi connectivity index (χ2v) is 6.40. The van der Waals surface area contributed by atoms with Gasteiger partial charge in [-0.25, -0.2) is 8.42 Å². The lowest BCUT2D eigenvalue weighted by Crippen LogP contribution is -2.16. The summed E-state index contributed by atoms with van der Waals surface area (Å²) in [5, 5.41) is 0.237. The van der Waals surface area contributed by atoms with Gasteiger partial charge in [-0.05, 0) is 11.6 Å². The van der Waals surface area contributed by atoms with Crippen LogP contribution in [0.2, 0.25) is 5.02 Å². The highest BCUT2D eigenvalue weighted by atomic mass is 35.7. The number of halogens is 2. The molecule has 2 rings (SSSR count). The van der Waals surface area contributed by atoms with Crippen LogP contribution in [-0.4, -0.2) is 21.6 Å². The van der Waals surface area contributed by atoms with Gasteiger partial charge in [0, 0.05) is 10.7 Å². The van der Waals surface area contributed by atoms with Gasteiger partial charge in [-0.2, -0.15) is 0 Å². The van der Waals surface area contributed by atoms with Crippen LogP contribution >= 0.6 is 22.3 Å². The first-order chi connectivity index (χ1) is 7.47. The highest BCUT2D eigenvalue weighted by Gasteiger charge is 2.20. The van der Waals surface area contributed by atoms with Crippen molar-refractivity contribution < 1.29 is 17.9 Å². The van der Waals surface area contributed by atoms with Crippen LogP contribution in [0.1, 0.15) is 5.56 Å². The van der Waals surface area contributed by atoms with Gasteiger partial charge in [0.25, 0.3) is 0 Å². The molecule has 1 aromatic rings. The Hall–Kier alpha value is -0.650. The number of hydrogen-bond donors (Lipinski definition) is 0. The fourth-order valence-corrected chi connectivity index (χ4v) is 2.74. The molecule has 0 spiro atoms. The molecule has 16 heavy (non-hydrogen) atoms. The number of ether oxygens (including phenoxy) is 2. The second-order valence-electron chi connectivity index (χ2n) is 3.25. The maximum atomic E-state index is 11.0. The molecule has 0 atom stereocenters. The predicted octanol–water partition coefficient (Wildman–Crippen LogP) is 2.18. The number of benzene rings is 1. The fraction of sp³-hybridized carbons (Fsp3) is 0.333. The minimum absolute atomic E-state index is 0.237. The minimum Gasteiger partial charge on any atom is -0.486 e. The average molecular weight is 283 g/mol. The molecule has 0 aromatic heterocycles. The van der Waals surface area contributed by atoms with Crippen molar-refractivity contribution in [2.24, 2.45) is 0 Å². The number of fused-ring (bicyclic) bond motifs is 1. The van der Waals surface area contributed by atoms with Crippen molar-refractivity contribution in [3.63, 3.8) is 0 Å². The van der Waals surface area contributed by atoms with E-state index in [1.54, 1.807) is 12.1 Å². The first-order valence-electron chi connectivity index (χ1n) is 4.47. The quantitative estimate of drug-likeness (QED) is 0.781. The summed E-state index contributed by atoms with van der Waals surface area (Å²) in [4.78, 5) is 0. The number of hydrogen-bond acceptors (Lipinski definition) is 4. The van der Waals surface area contributed by atoms with Gasteiger partial charge < -0.3 is 9.47 Å². The van der Waals surface area contributed by atoms with Crippen molar-refractivity contribution in [2.45, 2.75) is 5.75 Å². The summed E-state index contributed by atoms with van der Waals surface area (Å²) in [5.41, 5.74) is 0.404. The fourth-order valence-electron chi connectivity index (χ4n) is 1.42. The van der Waals surface area contributed by atoms with E-state index in [4.69, 9.17) is 31.8 Å². The maximum absolute atomic E-state index is 11.0. The molecule has 88 valence electrons.